The molecule has 1 fully saturated rings. The molecule has 2 heterocycles. The van der Waals surface area contributed by atoms with E-state index in [4.69, 9.17) is 0 Å². The standard InChI is InChI=1S/C26H30N4O4S/c1-17-10-11-21(16-23(17)35(33,34)29-14-5-6-15-29)22-12-13-24(31)30(28-22)20(4)26(32)27-25-18(2)8-7-9-19(25)3/h7-13,16,20H,5-6,14-15H2,1-4H3,(H,27,32)/t20-/m0/s1. The van der Waals surface area contributed by atoms with Gasteiger partial charge in [0.05, 0.1) is 10.6 Å². The Morgan fingerprint density at radius 3 is 2.29 bits per heavy atom. The first kappa shape index (κ1) is 24.8. The van der Waals surface area contributed by atoms with Crippen molar-refractivity contribution >= 4 is 21.6 Å². The molecule has 1 amide bonds. The molecule has 0 spiro atoms. The van der Waals surface area contributed by atoms with Crippen LogP contribution in [0.2, 0.25) is 0 Å². The number of sulfonamides is 1. The van der Waals surface area contributed by atoms with E-state index in [9.17, 15) is 18.0 Å². The second-order valence-electron chi connectivity index (χ2n) is 9.02. The molecule has 1 aromatic heterocycles. The molecule has 1 atom stereocenters. The van der Waals surface area contributed by atoms with Gasteiger partial charge >= 0.3 is 0 Å². The van der Waals surface area contributed by atoms with E-state index in [2.05, 4.69) is 10.4 Å². The number of amides is 1. The van der Waals surface area contributed by atoms with Crippen LogP contribution in [0.3, 0.4) is 0 Å². The second kappa shape index (κ2) is 9.75. The first-order valence-electron chi connectivity index (χ1n) is 11.7. The van der Waals surface area contributed by atoms with Gasteiger partial charge < -0.3 is 5.32 Å². The lowest BCUT2D eigenvalue weighted by molar-refractivity contribution is -0.119. The van der Waals surface area contributed by atoms with Gasteiger partial charge in [0.2, 0.25) is 15.9 Å². The Hall–Kier alpha value is -3.30. The number of nitrogens with zero attached hydrogens (tertiary/aromatic N) is 3. The van der Waals surface area contributed by atoms with Crippen LogP contribution in [0, 0.1) is 20.8 Å². The molecule has 4 rings (SSSR count). The van der Waals surface area contributed by atoms with Crippen molar-refractivity contribution in [1.82, 2.24) is 14.1 Å². The predicted octanol–water partition coefficient (Wildman–Crippen LogP) is 3.82. The van der Waals surface area contributed by atoms with E-state index < -0.39 is 21.6 Å². The third-order valence-corrected chi connectivity index (χ3v) is 8.51. The Kier molecular flexibility index (Phi) is 6.91. The molecule has 1 N–H and O–H groups in total. The minimum absolute atomic E-state index is 0.234. The lowest BCUT2D eigenvalue weighted by atomic mass is 10.1. The van der Waals surface area contributed by atoms with Crippen LogP contribution in [-0.4, -0.2) is 41.5 Å². The number of carbonyl (C=O) groups excluding carboxylic acids is 1. The fraction of sp³-hybridized carbons (Fsp3) is 0.346. The van der Waals surface area contributed by atoms with E-state index in [0.717, 1.165) is 28.7 Å². The van der Waals surface area contributed by atoms with Gasteiger partial charge in [-0.05, 0) is 69.4 Å². The van der Waals surface area contributed by atoms with Gasteiger partial charge in [-0.25, -0.2) is 13.1 Å². The fourth-order valence-electron chi connectivity index (χ4n) is 4.31. The number of carbonyl (C=O) groups is 1. The molecule has 2 aromatic carbocycles. The highest BCUT2D eigenvalue weighted by molar-refractivity contribution is 7.89. The maximum Gasteiger partial charge on any atom is 0.267 e. The second-order valence-corrected chi connectivity index (χ2v) is 10.9. The van der Waals surface area contributed by atoms with Crippen LogP contribution in [0.4, 0.5) is 5.69 Å². The fourth-order valence-corrected chi connectivity index (χ4v) is 6.08. The summed E-state index contributed by atoms with van der Waals surface area (Å²) in [6.45, 7) is 8.22. The summed E-state index contributed by atoms with van der Waals surface area (Å²) in [5.41, 5.74) is 3.75. The Labute approximate surface area is 205 Å². The molecule has 1 aliphatic rings. The zero-order valence-electron chi connectivity index (χ0n) is 20.4. The molecule has 8 nitrogen and oxygen atoms in total. The van der Waals surface area contributed by atoms with Crippen molar-refractivity contribution in [2.45, 2.75) is 51.5 Å². The van der Waals surface area contributed by atoms with Gasteiger partial charge in [-0.3, -0.25) is 9.59 Å². The predicted molar refractivity (Wildman–Crippen MR) is 136 cm³/mol. The van der Waals surface area contributed by atoms with Gasteiger partial charge in [-0.2, -0.15) is 9.40 Å². The highest BCUT2D eigenvalue weighted by Crippen LogP contribution is 2.28. The monoisotopic (exact) mass is 494 g/mol. The average molecular weight is 495 g/mol. The maximum absolute atomic E-state index is 13.2. The van der Waals surface area contributed by atoms with Gasteiger partial charge in [0, 0.05) is 30.4 Å². The normalized spacial score (nSPS) is 15.2. The van der Waals surface area contributed by atoms with Crippen LogP contribution in [0.1, 0.15) is 42.5 Å². The third kappa shape index (κ3) is 4.92. The zero-order valence-corrected chi connectivity index (χ0v) is 21.2. The molecule has 35 heavy (non-hydrogen) atoms. The number of hydrogen-bond acceptors (Lipinski definition) is 5. The number of rotatable bonds is 6. The van der Waals surface area contributed by atoms with E-state index in [1.165, 1.54) is 10.4 Å². The van der Waals surface area contributed by atoms with E-state index in [1.54, 1.807) is 38.1 Å². The molecule has 0 unspecified atom stereocenters. The summed E-state index contributed by atoms with van der Waals surface area (Å²) in [6.07, 6.45) is 1.71. The van der Waals surface area contributed by atoms with Gasteiger partial charge in [-0.15, -0.1) is 0 Å². The van der Waals surface area contributed by atoms with Crippen LogP contribution in [0.5, 0.6) is 0 Å². The summed E-state index contributed by atoms with van der Waals surface area (Å²) >= 11 is 0. The summed E-state index contributed by atoms with van der Waals surface area (Å²) in [5.74, 6) is -0.365. The lowest BCUT2D eigenvalue weighted by Gasteiger charge is -2.19. The van der Waals surface area contributed by atoms with Crippen molar-refractivity contribution in [3.05, 3.63) is 75.6 Å². The quantitative estimate of drug-likeness (QED) is 0.561. The smallest absolute Gasteiger partial charge is 0.267 e. The van der Waals surface area contributed by atoms with E-state index in [1.807, 2.05) is 32.0 Å². The molecule has 0 radical (unpaired) electrons. The lowest BCUT2D eigenvalue weighted by Crippen LogP contribution is -2.33. The van der Waals surface area contributed by atoms with Crippen LogP contribution in [0.25, 0.3) is 11.3 Å². The first-order valence-corrected chi connectivity index (χ1v) is 13.1. The van der Waals surface area contributed by atoms with Crippen molar-refractivity contribution in [2.24, 2.45) is 0 Å². The highest BCUT2D eigenvalue weighted by atomic mass is 32.2. The summed E-state index contributed by atoms with van der Waals surface area (Å²) in [6, 6.07) is 12.9. The summed E-state index contributed by atoms with van der Waals surface area (Å²) in [4.78, 5) is 25.8. The summed E-state index contributed by atoms with van der Waals surface area (Å²) in [7, 11) is -3.62. The molecular weight excluding hydrogens is 464 g/mol. The summed E-state index contributed by atoms with van der Waals surface area (Å²) in [5, 5.41) is 7.34. The molecule has 0 saturated carbocycles. The third-order valence-electron chi connectivity index (χ3n) is 6.47. The zero-order chi connectivity index (χ0) is 25.3. The SMILES string of the molecule is Cc1ccc(-c2ccc(=O)n([C@@H](C)C(=O)Nc3c(C)cccc3C)n2)cc1S(=O)(=O)N1CCCC1. The van der Waals surface area contributed by atoms with Crippen LogP contribution in [0.15, 0.2) is 58.2 Å². The van der Waals surface area contributed by atoms with Gasteiger partial charge in [0.15, 0.2) is 0 Å². The van der Waals surface area contributed by atoms with Crippen molar-refractivity contribution in [2.75, 3.05) is 18.4 Å². The van der Waals surface area contributed by atoms with Crippen molar-refractivity contribution in [3.8, 4) is 11.3 Å². The molecule has 1 aliphatic heterocycles. The molecular formula is C26H30N4O4S. The average Bonchev–Trinajstić information content (AvgIpc) is 3.38. The minimum atomic E-state index is -3.62. The van der Waals surface area contributed by atoms with Crippen LogP contribution >= 0.6 is 0 Å². The first-order chi connectivity index (χ1) is 16.6. The topological polar surface area (TPSA) is 101 Å². The molecule has 9 heteroatoms. The van der Waals surface area contributed by atoms with E-state index >= 15 is 0 Å². The van der Waals surface area contributed by atoms with Crippen molar-refractivity contribution in [1.29, 1.82) is 0 Å². The van der Waals surface area contributed by atoms with E-state index in [0.29, 0.717) is 35.6 Å². The Morgan fingerprint density at radius 2 is 1.63 bits per heavy atom. The number of anilines is 1. The number of benzene rings is 2. The molecule has 1 saturated heterocycles. The van der Waals surface area contributed by atoms with Crippen molar-refractivity contribution < 1.29 is 13.2 Å². The number of aryl methyl sites for hydroxylation is 3. The number of aromatic nitrogens is 2. The Balaban J connectivity index is 1.67. The highest BCUT2D eigenvalue weighted by Gasteiger charge is 2.29. The van der Waals surface area contributed by atoms with Crippen LogP contribution < -0.4 is 10.9 Å². The maximum atomic E-state index is 13.2. The number of nitrogens with one attached hydrogen (secondary N) is 1. The molecule has 0 aliphatic carbocycles. The summed E-state index contributed by atoms with van der Waals surface area (Å²) < 4.78 is 29.0. The van der Waals surface area contributed by atoms with Crippen LogP contribution in [-0.2, 0) is 14.8 Å². The minimum Gasteiger partial charge on any atom is -0.324 e. The Morgan fingerprint density at radius 1 is 0.971 bits per heavy atom. The number of hydrogen-bond donors (Lipinski definition) is 1. The molecule has 3 aromatic rings. The largest absolute Gasteiger partial charge is 0.324 e. The Bertz CT molecular complexity index is 1420. The van der Waals surface area contributed by atoms with Crippen molar-refractivity contribution in [3.63, 3.8) is 0 Å². The van der Waals surface area contributed by atoms with Gasteiger partial charge in [0.25, 0.3) is 5.56 Å². The van der Waals surface area contributed by atoms with E-state index in [-0.39, 0.29) is 10.8 Å². The molecule has 0 bridgehead atoms. The molecule has 184 valence electrons. The van der Waals surface area contributed by atoms with Gasteiger partial charge in [0.1, 0.15) is 6.04 Å². The number of para-hydroxylation sites is 1. The van der Waals surface area contributed by atoms with Gasteiger partial charge in [-0.1, -0.05) is 30.3 Å².